The summed E-state index contributed by atoms with van der Waals surface area (Å²) in [7, 11) is 1.83. The van der Waals surface area contributed by atoms with Gasteiger partial charge in [-0.1, -0.05) is 23.7 Å². The number of nitrogens with zero attached hydrogens (tertiary/aromatic N) is 7. The molecule has 5 rings (SSSR count). The maximum Gasteiger partial charge on any atom is 0.228 e. The zero-order valence-electron chi connectivity index (χ0n) is 16.4. The minimum atomic E-state index is -0.951. The molecule has 154 valence electrons. The van der Waals surface area contributed by atoms with Crippen molar-refractivity contribution in [1.82, 2.24) is 34.3 Å². The van der Waals surface area contributed by atoms with Crippen LogP contribution in [0, 0.1) is 0 Å². The van der Waals surface area contributed by atoms with Crippen LogP contribution >= 0.6 is 11.6 Å². The Morgan fingerprint density at radius 1 is 1.06 bits per heavy atom. The molecule has 31 heavy (non-hydrogen) atoms. The lowest BCUT2D eigenvalue weighted by molar-refractivity contribution is 0.208. The molecular weight excluding hydrogens is 416 g/mol. The molecule has 1 atom stereocenters. The third-order valence-electron chi connectivity index (χ3n) is 4.86. The zero-order chi connectivity index (χ0) is 21.4. The van der Waals surface area contributed by atoms with Gasteiger partial charge in [0, 0.05) is 36.1 Å². The molecule has 4 heterocycles. The summed E-state index contributed by atoms with van der Waals surface area (Å²) in [4.78, 5) is 8.85. The van der Waals surface area contributed by atoms with Crippen molar-refractivity contribution in [3.05, 3.63) is 83.5 Å². The van der Waals surface area contributed by atoms with Gasteiger partial charge in [0.15, 0.2) is 11.5 Å². The maximum absolute atomic E-state index is 10.8. The summed E-state index contributed by atoms with van der Waals surface area (Å²) in [5, 5.41) is 27.0. The molecule has 10 heteroatoms. The quantitative estimate of drug-likeness (QED) is 0.438. The lowest BCUT2D eigenvalue weighted by Gasteiger charge is -2.10. The second-order valence-electron chi connectivity index (χ2n) is 6.89. The molecule has 0 aliphatic heterocycles. The number of halogens is 1. The Morgan fingerprint density at radius 3 is 2.77 bits per heavy atom. The molecule has 0 radical (unpaired) electrons. The normalized spacial score (nSPS) is 12.2. The van der Waals surface area contributed by atoms with Crippen LogP contribution in [0.2, 0.25) is 5.02 Å². The van der Waals surface area contributed by atoms with Gasteiger partial charge in [0.25, 0.3) is 0 Å². The van der Waals surface area contributed by atoms with Crippen LogP contribution in [-0.4, -0.2) is 39.5 Å². The minimum absolute atomic E-state index is 0.407. The van der Waals surface area contributed by atoms with Crippen LogP contribution < -0.4 is 5.32 Å². The lowest BCUT2D eigenvalue weighted by Crippen LogP contribution is -2.05. The average Bonchev–Trinajstić information content (AvgIpc) is 3.39. The molecule has 0 fully saturated rings. The maximum atomic E-state index is 10.8. The van der Waals surface area contributed by atoms with Crippen molar-refractivity contribution in [1.29, 1.82) is 0 Å². The van der Waals surface area contributed by atoms with Crippen molar-refractivity contribution in [3.63, 3.8) is 0 Å². The molecule has 2 N–H and O–H groups in total. The summed E-state index contributed by atoms with van der Waals surface area (Å²) >= 11 is 6.05. The fourth-order valence-corrected chi connectivity index (χ4v) is 3.47. The average molecular weight is 433 g/mol. The number of fused-ring (bicyclic) bond motifs is 1. The molecule has 4 aromatic heterocycles. The van der Waals surface area contributed by atoms with E-state index in [1.54, 1.807) is 45.7 Å². The summed E-state index contributed by atoms with van der Waals surface area (Å²) in [6, 6.07) is 14.4. The first-order chi connectivity index (χ1) is 15.1. The smallest absolute Gasteiger partial charge is 0.228 e. The Balaban J connectivity index is 1.46. The van der Waals surface area contributed by atoms with Gasteiger partial charge < -0.3 is 10.4 Å². The lowest BCUT2D eigenvalue weighted by atomic mass is 10.1. The van der Waals surface area contributed by atoms with E-state index in [-0.39, 0.29) is 0 Å². The number of nitrogens with one attached hydrogen (secondary N) is 1. The van der Waals surface area contributed by atoms with E-state index in [2.05, 4.69) is 30.6 Å². The molecule has 5 aromatic rings. The molecule has 1 aromatic carbocycles. The van der Waals surface area contributed by atoms with Crippen LogP contribution in [-0.2, 0) is 7.05 Å². The number of aryl methyl sites for hydroxylation is 1. The van der Waals surface area contributed by atoms with Crippen molar-refractivity contribution in [2.24, 2.45) is 7.05 Å². The van der Waals surface area contributed by atoms with Crippen LogP contribution in [0.25, 0.3) is 16.9 Å². The third kappa shape index (κ3) is 3.72. The molecule has 0 aliphatic carbocycles. The van der Waals surface area contributed by atoms with Gasteiger partial charge in [-0.05, 0) is 35.9 Å². The number of hydrogen-bond donors (Lipinski definition) is 2. The highest BCUT2D eigenvalue weighted by atomic mass is 35.5. The predicted molar refractivity (Wildman–Crippen MR) is 116 cm³/mol. The number of pyridine rings is 1. The number of aliphatic hydroxyl groups is 1. The highest BCUT2D eigenvalue weighted by Crippen LogP contribution is 2.26. The minimum Gasteiger partial charge on any atom is -0.380 e. The number of aliphatic hydroxyl groups excluding tert-OH is 1. The Hall–Kier alpha value is -3.82. The number of rotatable bonds is 5. The fraction of sp³-hybridized carbons (Fsp3) is 0.0952. The monoisotopic (exact) mass is 432 g/mol. The summed E-state index contributed by atoms with van der Waals surface area (Å²) in [6.07, 6.45) is 4.24. The number of anilines is 2. The van der Waals surface area contributed by atoms with Crippen LogP contribution in [0.15, 0.2) is 67.1 Å². The van der Waals surface area contributed by atoms with Gasteiger partial charge >= 0.3 is 0 Å². The van der Waals surface area contributed by atoms with E-state index in [1.807, 2.05) is 37.5 Å². The summed E-state index contributed by atoms with van der Waals surface area (Å²) in [5.41, 5.74) is 2.81. The molecule has 1 unspecified atom stereocenters. The zero-order valence-corrected chi connectivity index (χ0v) is 17.1. The van der Waals surface area contributed by atoms with Gasteiger partial charge in [-0.15, -0.1) is 10.2 Å². The van der Waals surface area contributed by atoms with Crippen molar-refractivity contribution in [2.75, 3.05) is 5.32 Å². The SMILES string of the molecule is Cn1nccc1Nc1nccc(-c2ccn3c(C(O)c4cccc(Cl)c4)nnc3c2)n1. The number of aromatic nitrogens is 7. The first kappa shape index (κ1) is 19.2. The molecule has 0 saturated heterocycles. The molecule has 0 amide bonds. The third-order valence-corrected chi connectivity index (χ3v) is 5.09. The molecule has 9 nitrogen and oxygen atoms in total. The van der Waals surface area contributed by atoms with Gasteiger partial charge in [0.2, 0.25) is 5.95 Å². The first-order valence-electron chi connectivity index (χ1n) is 9.45. The Kier molecular flexibility index (Phi) is 4.81. The van der Waals surface area contributed by atoms with Gasteiger partial charge in [-0.2, -0.15) is 5.10 Å². The molecule has 0 spiro atoms. The van der Waals surface area contributed by atoms with E-state index < -0.39 is 6.10 Å². The standard InChI is InChI=1S/C21H17ClN8O/c1-29-17(6-9-24-29)26-21-23-8-5-16(25-21)13-7-10-30-18(12-13)27-28-20(30)19(31)14-3-2-4-15(22)11-14/h2-12,19,31H,1H3,(H,23,25,26). The van der Waals surface area contributed by atoms with Crippen LogP contribution in [0.3, 0.4) is 0 Å². The summed E-state index contributed by atoms with van der Waals surface area (Å²) in [6.45, 7) is 0. The van der Waals surface area contributed by atoms with Crippen LogP contribution in [0.4, 0.5) is 11.8 Å². The van der Waals surface area contributed by atoms with Gasteiger partial charge in [-0.3, -0.25) is 9.08 Å². The topological polar surface area (TPSA) is 106 Å². The highest BCUT2D eigenvalue weighted by Gasteiger charge is 2.18. The van der Waals surface area contributed by atoms with Crippen molar-refractivity contribution in [3.8, 4) is 11.3 Å². The molecular formula is C21H17ClN8O. The first-order valence-corrected chi connectivity index (χ1v) is 9.83. The Bertz CT molecular complexity index is 1380. The second-order valence-corrected chi connectivity index (χ2v) is 7.33. The number of hydrogen-bond acceptors (Lipinski definition) is 7. The van der Waals surface area contributed by atoms with E-state index in [0.717, 1.165) is 17.1 Å². The Morgan fingerprint density at radius 2 is 1.97 bits per heavy atom. The van der Waals surface area contributed by atoms with Gasteiger partial charge in [0.1, 0.15) is 11.9 Å². The largest absolute Gasteiger partial charge is 0.380 e. The van der Waals surface area contributed by atoms with Crippen molar-refractivity contribution < 1.29 is 5.11 Å². The second kappa shape index (κ2) is 7.78. The molecule has 0 saturated carbocycles. The fourth-order valence-electron chi connectivity index (χ4n) is 3.27. The molecule has 0 bridgehead atoms. The van der Waals surface area contributed by atoms with Crippen LogP contribution in [0.1, 0.15) is 17.5 Å². The van der Waals surface area contributed by atoms with Crippen LogP contribution in [0.5, 0.6) is 0 Å². The highest BCUT2D eigenvalue weighted by molar-refractivity contribution is 6.30. The van der Waals surface area contributed by atoms with E-state index in [4.69, 9.17) is 11.6 Å². The van der Waals surface area contributed by atoms with E-state index >= 15 is 0 Å². The predicted octanol–water partition coefficient (Wildman–Crippen LogP) is 3.40. The number of benzene rings is 1. The van der Waals surface area contributed by atoms with Crippen molar-refractivity contribution in [2.45, 2.75) is 6.10 Å². The van der Waals surface area contributed by atoms with Gasteiger partial charge in [-0.25, -0.2) is 9.97 Å². The molecule has 0 aliphatic rings. The van der Waals surface area contributed by atoms with E-state index in [9.17, 15) is 5.11 Å². The Labute approximate surface area is 182 Å². The summed E-state index contributed by atoms with van der Waals surface area (Å²) in [5.74, 6) is 1.65. The van der Waals surface area contributed by atoms with Crippen molar-refractivity contribution >= 4 is 29.0 Å². The summed E-state index contributed by atoms with van der Waals surface area (Å²) < 4.78 is 3.44. The van der Waals surface area contributed by atoms with E-state index in [1.165, 1.54) is 0 Å². The van der Waals surface area contributed by atoms with Gasteiger partial charge in [0.05, 0.1) is 11.9 Å². The van der Waals surface area contributed by atoms with E-state index in [0.29, 0.717) is 28.0 Å².